The van der Waals surface area contributed by atoms with Crippen LogP contribution in [0.4, 0.5) is 11.4 Å². The molecule has 1 heterocycles. The molecule has 1 aliphatic heterocycles. The normalized spacial score (nSPS) is 13.4. The van der Waals surface area contributed by atoms with Crippen LogP contribution in [0.1, 0.15) is 12.0 Å². The maximum absolute atomic E-state index is 13.2. The van der Waals surface area contributed by atoms with Crippen molar-refractivity contribution in [3.8, 4) is 5.75 Å². The third-order valence-electron chi connectivity index (χ3n) is 4.91. The fourth-order valence-electron chi connectivity index (χ4n) is 3.45. The SMILES string of the molecule is O=C(COc1ccccc1)Nc1ccc(S(=O)(=O)N2CCCc3ccccc32)cc1. The molecular weight excluding hydrogens is 400 g/mol. The monoisotopic (exact) mass is 422 g/mol. The molecule has 0 fully saturated rings. The van der Waals surface area contributed by atoms with Gasteiger partial charge in [-0.3, -0.25) is 9.10 Å². The van der Waals surface area contributed by atoms with Crippen molar-refractivity contribution in [1.29, 1.82) is 0 Å². The van der Waals surface area contributed by atoms with Gasteiger partial charge in [0.25, 0.3) is 15.9 Å². The highest BCUT2D eigenvalue weighted by molar-refractivity contribution is 7.92. The number of benzene rings is 3. The number of hydrogen-bond acceptors (Lipinski definition) is 4. The van der Waals surface area contributed by atoms with Crippen LogP contribution < -0.4 is 14.4 Å². The molecule has 1 amide bonds. The second-order valence-corrected chi connectivity index (χ2v) is 8.85. The number of para-hydroxylation sites is 2. The zero-order valence-corrected chi connectivity index (χ0v) is 17.1. The van der Waals surface area contributed by atoms with Gasteiger partial charge in [0.15, 0.2) is 6.61 Å². The zero-order chi connectivity index (χ0) is 21.0. The van der Waals surface area contributed by atoms with Crippen molar-refractivity contribution in [2.75, 3.05) is 22.8 Å². The van der Waals surface area contributed by atoms with Crippen LogP contribution in [0.25, 0.3) is 0 Å². The second-order valence-electron chi connectivity index (χ2n) is 6.98. The molecule has 1 N–H and O–H groups in total. The van der Waals surface area contributed by atoms with Gasteiger partial charge in [-0.25, -0.2) is 8.42 Å². The number of nitrogens with one attached hydrogen (secondary N) is 1. The van der Waals surface area contributed by atoms with Crippen LogP contribution in [0, 0.1) is 0 Å². The van der Waals surface area contributed by atoms with Crippen LogP contribution >= 0.6 is 0 Å². The van der Waals surface area contributed by atoms with Crippen LogP contribution in [0.15, 0.2) is 83.8 Å². The van der Waals surface area contributed by atoms with Crippen LogP contribution in [-0.2, 0) is 21.2 Å². The summed E-state index contributed by atoms with van der Waals surface area (Å²) in [5, 5.41) is 2.71. The average molecular weight is 423 g/mol. The minimum atomic E-state index is -3.67. The summed E-state index contributed by atoms with van der Waals surface area (Å²) in [4.78, 5) is 12.3. The van der Waals surface area contributed by atoms with Gasteiger partial charge in [0.2, 0.25) is 0 Å². The van der Waals surface area contributed by atoms with Gasteiger partial charge in [-0.2, -0.15) is 0 Å². The summed E-state index contributed by atoms with van der Waals surface area (Å²) < 4.78 is 33.2. The molecule has 1 aliphatic rings. The summed E-state index contributed by atoms with van der Waals surface area (Å²) >= 11 is 0. The number of sulfonamides is 1. The van der Waals surface area contributed by atoms with E-state index in [0.29, 0.717) is 18.0 Å². The van der Waals surface area contributed by atoms with Crippen molar-refractivity contribution in [2.24, 2.45) is 0 Å². The van der Waals surface area contributed by atoms with Crippen molar-refractivity contribution in [3.05, 3.63) is 84.4 Å². The molecule has 3 aromatic rings. The van der Waals surface area contributed by atoms with Gasteiger partial charge in [-0.15, -0.1) is 0 Å². The van der Waals surface area contributed by atoms with Gasteiger partial charge < -0.3 is 10.1 Å². The van der Waals surface area contributed by atoms with Gasteiger partial charge in [0, 0.05) is 12.2 Å². The Morgan fingerprint density at radius 3 is 2.40 bits per heavy atom. The lowest BCUT2D eigenvalue weighted by molar-refractivity contribution is -0.118. The average Bonchev–Trinajstić information content (AvgIpc) is 2.78. The maximum atomic E-state index is 13.2. The van der Waals surface area contributed by atoms with E-state index in [2.05, 4.69) is 5.32 Å². The highest BCUT2D eigenvalue weighted by atomic mass is 32.2. The fourth-order valence-corrected chi connectivity index (χ4v) is 4.99. The van der Waals surface area contributed by atoms with Crippen molar-refractivity contribution in [3.63, 3.8) is 0 Å². The molecular formula is C23H22N2O4S. The summed E-state index contributed by atoms with van der Waals surface area (Å²) in [6, 6.07) is 22.8. The Morgan fingerprint density at radius 1 is 0.933 bits per heavy atom. The van der Waals surface area contributed by atoms with E-state index in [0.717, 1.165) is 24.1 Å². The van der Waals surface area contributed by atoms with Crippen molar-refractivity contribution >= 4 is 27.3 Å². The first-order chi connectivity index (χ1) is 14.5. The molecule has 0 saturated carbocycles. The van der Waals surface area contributed by atoms with E-state index in [4.69, 9.17) is 4.74 Å². The van der Waals surface area contributed by atoms with E-state index in [1.807, 2.05) is 42.5 Å². The number of carbonyl (C=O) groups is 1. The van der Waals surface area contributed by atoms with E-state index >= 15 is 0 Å². The van der Waals surface area contributed by atoms with E-state index in [1.165, 1.54) is 16.4 Å². The van der Waals surface area contributed by atoms with Crippen LogP contribution in [0.3, 0.4) is 0 Å². The first kappa shape index (κ1) is 20.0. The molecule has 0 saturated heterocycles. The van der Waals surface area contributed by atoms with Gasteiger partial charge in [0.05, 0.1) is 10.6 Å². The molecule has 3 aromatic carbocycles. The summed E-state index contributed by atoms with van der Waals surface area (Å²) in [5.41, 5.74) is 2.28. The third kappa shape index (κ3) is 4.31. The lowest BCUT2D eigenvalue weighted by Crippen LogP contribution is -2.35. The molecule has 0 radical (unpaired) electrons. The molecule has 0 aliphatic carbocycles. The van der Waals surface area contributed by atoms with Gasteiger partial charge in [-0.1, -0.05) is 36.4 Å². The summed E-state index contributed by atoms with van der Waals surface area (Å²) in [7, 11) is -3.67. The molecule has 0 bridgehead atoms. The third-order valence-corrected chi connectivity index (χ3v) is 6.73. The molecule has 30 heavy (non-hydrogen) atoms. The van der Waals surface area contributed by atoms with Crippen molar-refractivity contribution in [1.82, 2.24) is 0 Å². The van der Waals surface area contributed by atoms with Crippen molar-refractivity contribution < 1.29 is 17.9 Å². The first-order valence-corrected chi connectivity index (χ1v) is 11.2. The van der Waals surface area contributed by atoms with E-state index in [-0.39, 0.29) is 17.4 Å². The van der Waals surface area contributed by atoms with Gasteiger partial charge in [0.1, 0.15) is 5.75 Å². The predicted molar refractivity (Wildman–Crippen MR) is 116 cm³/mol. The Labute approximate surface area is 176 Å². The molecule has 4 rings (SSSR count). The Morgan fingerprint density at radius 2 is 1.63 bits per heavy atom. The highest BCUT2D eigenvalue weighted by Gasteiger charge is 2.28. The van der Waals surface area contributed by atoms with Crippen LogP contribution in [0.2, 0.25) is 0 Å². The lowest BCUT2D eigenvalue weighted by atomic mass is 10.0. The summed E-state index contributed by atoms with van der Waals surface area (Å²) in [6.45, 7) is 0.323. The topological polar surface area (TPSA) is 75.7 Å². The summed E-state index contributed by atoms with van der Waals surface area (Å²) in [6.07, 6.45) is 1.66. The number of ether oxygens (including phenoxy) is 1. The zero-order valence-electron chi connectivity index (χ0n) is 16.3. The number of aryl methyl sites for hydroxylation is 1. The van der Waals surface area contributed by atoms with Gasteiger partial charge in [-0.05, 0) is 60.9 Å². The second kappa shape index (κ2) is 8.59. The minimum Gasteiger partial charge on any atom is -0.484 e. The quantitative estimate of drug-likeness (QED) is 0.655. The first-order valence-electron chi connectivity index (χ1n) is 9.72. The molecule has 0 spiro atoms. The molecule has 154 valence electrons. The number of hydrogen-bond donors (Lipinski definition) is 1. The number of carbonyl (C=O) groups excluding carboxylic acids is 1. The number of anilines is 2. The van der Waals surface area contributed by atoms with Crippen LogP contribution in [-0.4, -0.2) is 27.5 Å². The van der Waals surface area contributed by atoms with E-state index < -0.39 is 10.0 Å². The van der Waals surface area contributed by atoms with Crippen LogP contribution in [0.5, 0.6) is 5.75 Å². The van der Waals surface area contributed by atoms with E-state index in [1.54, 1.807) is 24.3 Å². The Balaban J connectivity index is 1.44. The number of amides is 1. The standard InChI is InChI=1S/C23H22N2O4S/c26-23(17-29-20-9-2-1-3-10-20)24-19-12-14-21(15-13-19)30(27,28)25-16-6-8-18-7-4-5-11-22(18)25/h1-5,7,9-15H,6,8,16-17H2,(H,24,26). The number of nitrogens with zero attached hydrogens (tertiary/aromatic N) is 1. The van der Waals surface area contributed by atoms with E-state index in [9.17, 15) is 13.2 Å². The number of rotatable bonds is 6. The Kier molecular flexibility index (Phi) is 5.72. The predicted octanol–water partition coefficient (Wildman–Crippen LogP) is 3.85. The largest absolute Gasteiger partial charge is 0.484 e. The molecule has 0 aromatic heterocycles. The van der Waals surface area contributed by atoms with Gasteiger partial charge >= 0.3 is 0 Å². The Bertz CT molecular complexity index is 1130. The smallest absolute Gasteiger partial charge is 0.264 e. The molecule has 6 nitrogen and oxygen atoms in total. The summed E-state index contributed by atoms with van der Waals surface area (Å²) in [5.74, 6) is 0.287. The molecule has 7 heteroatoms. The fraction of sp³-hybridized carbons (Fsp3) is 0.174. The van der Waals surface area contributed by atoms with Crippen molar-refractivity contribution in [2.45, 2.75) is 17.7 Å². The number of fused-ring (bicyclic) bond motifs is 1. The minimum absolute atomic E-state index is 0.130. The highest BCUT2D eigenvalue weighted by Crippen LogP contribution is 2.32. The molecule has 0 unspecified atom stereocenters. The lowest BCUT2D eigenvalue weighted by Gasteiger charge is -2.30. The molecule has 0 atom stereocenters. The Hall–Kier alpha value is -3.32. The maximum Gasteiger partial charge on any atom is 0.264 e.